The van der Waals surface area contributed by atoms with Crippen molar-refractivity contribution in [3.63, 3.8) is 0 Å². The molecule has 4 rings (SSSR count). The van der Waals surface area contributed by atoms with Crippen molar-refractivity contribution in [1.82, 2.24) is 15.0 Å². The second kappa shape index (κ2) is 7.12. The predicted octanol–water partition coefficient (Wildman–Crippen LogP) is 6.15. The van der Waals surface area contributed by atoms with Crippen LogP contribution in [-0.2, 0) is 0 Å². The van der Waals surface area contributed by atoms with E-state index in [0.29, 0.717) is 0 Å². The van der Waals surface area contributed by atoms with Gasteiger partial charge in [0.15, 0.2) is 0 Å². The molecule has 25 heavy (non-hydrogen) atoms. The van der Waals surface area contributed by atoms with Gasteiger partial charge >= 0.3 is 0 Å². The van der Waals surface area contributed by atoms with Crippen molar-refractivity contribution in [2.24, 2.45) is 0 Å². The van der Waals surface area contributed by atoms with Gasteiger partial charge in [-0.1, -0.05) is 23.4 Å². The van der Waals surface area contributed by atoms with Crippen LogP contribution in [0.5, 0.6) is 0 Å². The quantitative estimate of drug-likeness (QED) is 0.429. The van der Waals surface area contributed by atoms with E-state index < -0.39 is 0 Å². The molecule has 1 aromatic carbocycles. The molecule has 0 unspecified atom stereocenters. The number of hydrogen-bond acceptors (Lipinski definition) is 4. The minimum Gasteiger partial charge on any atom is -0.338 e. The second-order valence-corrected chi connectivity index (χ2v) is 7.72. The summed E-state index contributed by atoms with van der Waals surface area (Å²) in [6, 6.07) is 16.1. The van der Waals surface area contributed by atoms with E-state index in [0.717, 1.165) is 42.1 Å². The maximum atomic E-state index is 6.01. The Morgan fingerprint density at radius 2 is 1.84 bits per heavy atom. The van der Waals surface area contributed by atoms with Crippen LogP contribution in [0.2, 0.25) is 5.02 Å². The number of aromatic amines is 1. The van der Waals surface area contributed by atoms with Crippen molar-refractivity contribution in [3.05, 3.63) is 65.9 Å². The van der Waals surface area contributed by atoms with Crippen molar-refractivity contribution in [2.75, 3.05) is 6.26 Å². The predicted molar refractivity (Wildman–Crippen MR) is 107 cm³/mol. The molecule has 0 radical (unpaired) electrons. The van der Waals surface area contributed by atoms with Gasteiger partial charge in [-0.3, -0.25) is 0 Å². The number of rotatable bonds is 4. The zero-order valence-electron chi connectivity index (χ0n) is 13.4. The molecule has 0 aliphatic carbocycles. The Morgan fingerprint density at radius 3 is 2.56 bits per heavy atom. The first-order valence-electron chi connectivity index (χ1n) is 7.65. The monoisotopic (exact) mass is 383 g/mol. The topological polar surface area (TPSA) is 41.6 Å². The van der Waals surface area contributed by atoms with Crippen molar-refractivity contribution in [1.29, 1.82) is 0 Å². The van der Waals surface area contributed by atoms with E-state index in [-0.39, 0.29) is 0 Å². The third-order valence-electron chi connectivity index (χ3n) is 3.79. The van der Waals surface area contributed by atoms with Crippen LogP contribution in [0.15, 0.2) is 75.7 Å². The zero-order chi connectivity index (χ0) is 17.2. The highest BCUT2D eigenvalue weighted by Gasteiger charge is 2.15. The molecule has 1 N–H and O–H groups in total. The van der Waals surface area contributed by atoms with Crippen LogP contribution in [0.3, 0.4) is 0 Å². The molecule has 0 aliphatic heterocycles. The van der Waals surface area contributed by atoms with E-state index in [9.17, 15) is 0 Å². The number of benzene rings is 1. The molecular weight excluding hydrogens is 370 g/mol. The first kappa shape index (κ1) is 16.5. The van der Waals surface area contributed by atoms with Gasteiger partial charge in [-0.05, 0) is 54.8 Å². The van der Waals surface area contributed by atoms with E-state index in [1.807, 2.05) is 48.9 Å². The summed E-state index contributed by atoms with van der Waals surface area (Å²) in [5.74, 6) is 0. The Hall–Kier alpha value is -1.95. The fourth-order valence-corrected chi connectivity index (χ4v) is 4.12. The molecule has 0 bridgehead atoms. The van der Waals surface area contributed by atoms with E-state index >= 15 is 0 Å². The normalized spacial score (nSPS) is 11.1. The van der Waals surface area contributed by atoms with Crippen molar-refractivity contribution < 1.29 is 0 Å². The van der Waals surface area contributed by atoms with Gasteiger partial charge in [0.1, 0.15) is 5.65 Å². The summed E-state index contributed by atoms with van der Waals surface area (Å²) in [5, 5.41) is 2.85. The molecule has 0 atom stereocenters. The number of aromatic nitrogens is 3. The van der Waals surface area contributed by atoms with Gasteiger partial charge in [-0.15, -0.1) is 11.8 Å². The molecule has 3 heterocycles. The molecule has 3 aromatic heterocycles. The molecule has 0 saturated heterocycles. The van der Waals surface area contributed by atoms with Crippen LogP contribution in [0, 0.1) is 0 Å². The average molecular weight is 384 g/mol. The van der Waals surface area contributed by atoms with Gasteiger partial charge in [0, 0.05) is 38.2 Å². The first-order valence-corrected chi connectivity index (χ1v) is 10.1. The number of fused-ring (bicyclic) bond motifs is 1. The third kappa shape index (κ3) is 3.40. The number of nitrogens with zero attached hydrogens (tertiary/aromatic N) is 2. The lowest BCUT2D eigenvalue weighted by molar-refractivity contribution is 1.13. The van der Waals surface area contributed by atoms with Crippen molar-refractivity contribution >= 4 is 46.2 Å². The lowest BCUT2D eigenvalue weighted by Crippen LogP contribution is -1.84. The number of thioether (sulfide) groups is 1. The highest BCUT2D eigenvalue weighted by Crippen LogP contribution is 2.40. The molecule has 0 spiro atoms. The number of nitrogens with one attached hydrogen (secondary N) is 1. The molecule has 4 aromatic rings. The summed E-state index contributed by atoms with van der Waals surface area (Å²) in [6.45, 7) is 0. The molecule has 124 valence electrons. The Morgan fingerprint density at radius 1 is 1.00 bits per heavy atom. The van der Waals surface area contributed by atoms with Gasteiger partial charge in [0.05, 0.1) is 10.7 Å². The summed E-state index contributed by atoms with van der Waals surface area (Å²) >= 11 is 9.34. The number of halogens is 1. The van der Waals surface area contributed by atoms with Gasteiger partial charge in [-0.2, -0.15) is 0 Å². The minimum atomic E-state index is 0.738. The lowest BCUT2D eigenvalue weighted by atomic mass is 10.2. The number of hydrogen-bond donors (Lipinski definition) is 1. The van der Waals surface area contributed by atoms with E-state index in [4.69, 9.17) is 11.6 Å². The van der Waals surface area contributed by atoms with Crippen LogP contribution in [0.4, 0.5) is 0 Å². The zero-order valence-corrected chi connectivity index (χ0v) is 15.8. The first-order chi connectivity index (χ1) is 12.2. The van der Waals surface area contributed by atoms with Gasteiger partial charge in [0.2, 0.25) is 0 Å². The summed E-state index contributed by atoms with van der Waals surface area (Å²) < 4.78 is 0. The standard InChI is InChI=1S/C19H14ClN3S2/c1-24-16-9-4-12(11-22-16)17-18(15-3-2-10-21-19(15)23-17)25-14-7-5-13(20)6-8-14/h2-11H,1H3,(H,21,23). The number of H-pyrrole nitrogens is 1. The summed E-state index contributed by atoms with van der Waals surface area (Å²) in [6.07, 6.45) is 5.73. The summed E-state index contributed by atoms with van der Waals surface area (Å²) in [4.78, 5) is 14.7. The van der Waals surface area contributed by atoms with Gasteiger partial charge < -0.3 is 4.98 Å². The van der Waals surface area contributed by atoms with Crippen LogP contribution in [0.1, 0.15) is 0 Å². The smallest absolute Gasteiger partial charge is 0.138 e. The molecule has 3 nitrogen and oxygen atoms in total. The second-order valence-electron chi connectivity index (χ2n) is 5.37. The highest BCUT2D eigenvalue weighted by molar-refractivity contribution is 7.99. The molecule has 0 amide bonds. The largest absolute Gasteiger partial charge is 0.338 e. The maximum Gasteiger partial charge on any atom is 0.138 e. The van der Waals surface area contributed by atoms with Gasteiger partial charge in [-0.25, -0.2) is 9.97 Å². The Labute approximate surface area is 159 Å². The van der Waals surface area contributed by atoms with Crippen LogP contribution in [-0.4, -0.2) is 21.2 Å². The average Bonchev–Trinajstić information content (AvgIpc) is 3.02. The summed E-state index contributed by atoms with van der Waals surface area (Å²) in [5.41, 5.74) is 2.96. The lowest BCUT2D eigenvalue weighted by Gasteiger charge is -2.06. The van der Waals surface area contributed by atoms with Crippen molar-refractivity contribution in [2.45, 2.75) is 14.8 Å². The highest BCUT2D eigenvalue weighted by atomic mass is 35.5. The molecule has 0 fully saturated rings. The SMILES string of the molecule is CSc1ccc(-c2[nH]c3ncccc3c2Sc2ccc(Cl)cc2)cn1. The molecular formula is C19H14ClN3S2. The maximum absolute atomic E-state index is 6.01. The summed E-state index contributed by atoms with van der Waals surface area (Å²) in [7, 11) is 0. The fourth-order valence-electron chi connectivity index (χ4n) is 2.58. The third-order valence-corrected chi connectivity index (χ3v) is 5.84. The number of pyridine rings is 2. The Balaban J connectivity index is 1.83. The fraction of sp³-hybridized carbons (Fsp3) is 0.0526. The Bertz CT molecular complexity index is 1010. The van der Waals surface area contributed by atoms with E-state index in [1.54, 1.807) is 29.7 Å². The molecule has 6 heteroatoms. The Kier molecular flexibility index (Phi) is 4.70. The van der Waals surface area contributed by atoms with E-state index in [2.05, 4.69) is 27.1 Å². The van der Waals surface area contributed by atoms with Gasteiger partial charge in [0.25, 0.3) is 0 Å². The van der Waals surface area contributed by atoms with Crippen LogP contribution in [0.25, 0.3) is 22.3 Å². The molecule has 0 aliphatic rings. The van der Waals surface area contributed by atoms with Crippen LogP contribution < -0.4 is 0 Å². The van der Waals surface area contributed by atoms with E-state index in [1.165, 1.54) is 0 Å². The minimum absolute atomic E-state index is 0.738. The van der Waals surface area contributed by atoms with Crippen LogP contribution >= 0.6 is 35.1 Å². The van der Waals surface area contributed by atoms with Crippen molar-refractivity contribution in [3.8, 4) is 11.3 Å². The molecule has 0 saturated carbocycles.